The lowest BCUT2D eigenvalue weighted by Crippen LogP contribution is -2.07. The molecule has 0 fully saturated rings. The normalized spacial score (nSPS) is 10.8. The van der Waals surface area contributed by atoms with Gasteiger partial charge in [0.25, 0.3) is 5.69 Å². The Hall–Kier alpha value is -2.43. The fourth-order valence-electron chi connectivity index (χ4n) is 1.40. The number of allylic oxidation sites excluding steroid dienone is 2. The molecule has 0 aliphatic carbocycles. The Kier molecular flexibility index (Phi) is 4.80. The van der Waals surface area contributed by atoms with Crippen molar-refractivity contribution in [2.75, 3.05) is 6.61 Å². The largest absolute Gasteiger partial charge is 0.462 e. The number of esters is 1. The summed E-state index contributed by atoms with van der Waals surface area (Å²) in [5.74, 6) is -0.530. The summed E-state index contributed by atoms with van der Waals surface area (Å²) < 4.78 is 4.89. The van der Waals surface area contributed by atoms with E-state index in [-0.39, 0.29) is 17.9 Å². The van der Waals surface area contributed by atoms with Gasteiger partial charge in [0.2, 0.25) is 0 Å². The van der Waals surface area contributed by atoms with E-state index in [9.17, 15) is 14.9 Å². The lowest BCUT2D eigenvalue weighted by Gasteiger charge is -2.06. The van der Waals surface area contributed by atoms with Crippen LogP contribution in [-0.2, 0) is 9.53 Å². The first-order valence-corrected chi connectivity index (χ1v) is 5.34. The van der Waals surface area contributed by atoms with Crippen LogP contribution in [0.2, 0.25) is 0 Å². The zero-order valence-corrected chi connectivity index (χ0v) is 9.96. The van der Waals surface area contributed by atoms with E-state index in [0.29, 0.717) is 5.56 Å². The van der Waals surface area contributed by atoms with Gasteiger partial charge in [-0.1, -0.05) is 24.8 Å². The van der Waals surface area contributed by atoms with Gasteiger partial charge in [0.1, 0.15) is 0 Å². The lowest BCUT2D eigenvalue weighted by atomic mass is 10.0. The zero-order valence-electron chi connectivity index (χ0n) is 9.96. The second-order valence-electron chi connectivity index (χ2n) is 3.34. The molecule has 0 aliphatic rings. The Labute approximate surface area is 105 Å². The molecule has 0 atom stereocenters. The molecule has 5 heteroatoms. The van der Waals surface area contributed by atoms with Gasteiger partial charge >= 0.3 is 5.97 Å². The SMILES string of the molecule is C=C/C=C(/C(=O)OCC)c1cccc([N+](=O)[O-])c1. The van der Waals surface area contributed by atoms with Crippen LogP contribution in [0.5, 0.6) is 0 Å². The molecule has 0 bridgehead atoms. The Morgan fingerprint density at radius 3 is 2.83 bits per heavy atom. The van der Waals surface area contributed by atoms with Crippen LogP contribution in [0.25, 0.3) is 5.57 Å². The highest BCUT2D eigenvalue weighted by molar-refractivity contribution is 6.16. The van der Waals surface area contributed by atoms with Gasteiger partial charge in [-0.25, -0.2) is 4.79 Å². The van der Waals surface area contributed by atoms with Crippen LogP contribution in [0.15, 0.2) is 43.0 Å². The number of carbonyl (C=O) groups is 1. The molecule has 0 aromatic heterocycles. The minimum Gasteiger partial charge on any atom is -0.462 e. The summed E-state index contributed by atoms with van der Waals surface area (Å²) in [5.41, 5.74) is 0.602. The monoisotopic (exact) mass is 247 g/mol. The van der Waals surface area contributed by atoms with Crippen LogP contribution in [0.3, 0.4) is 0 Å². The van der Waals surface area contributed by atoms with Crippen molar-refractivity contribution in [1.29, 1.82) is 0 Å². The molecule has 0 amide bonds. The molecule has 0 radical (unpaired) electrons. The summed E-state index contributed by atoms with van der Waals surface area (Å²) in [4.78, 5) is 21.9. The Balaban J connectivity index is 3.18. The summed E-state index contributed by atoms with van der Waals surface area (Å²) in [7, 11) is 0. The summed E-state index contributed by atoms with van der Waals surface area (Å²) >= 11 is 0. The number of nitrogens with zero attached hydrogens (tertiary/aromatic N) is 1. The topological polar surface area (TPSA) is 69.4 Å². The first-order valence-electron chi connectivity index (χ1n) is 5.34. The van der Waals surface area contributed by atoms with Gasteiger partial charge in [-0.3, -0.25) is 10.1 Å². The molecule has 0 aliphatic heterocycles. The number of hydrogen-bond donors (Lipinski definition) is 0. The minimum atomic E-state index is -0.530. The number of rotatable bonds is 5. The Morgan fingerprint density at radius 1 is 1.56 bits per heavy atom. The van der Waals surface area contributed by atoms with E-state index in [1.165, 1.54) is 30.4 Å². The van der Waals surface area contributed by atoms with E-state index < -0.39 is 10.9 Å². The van der Waals surface area contributed by atoms with E-state index in [2.05, 4.69) is 6.58 Å². The molecule has 0 spiro atoms. The van der Waals surface area contributed by atoms with Crippen molar-refractivity contribution < 1.29 is 14.5 Å². The molecule has 0 heterocycles. The average Bonchev–Trinajstić information content (AvgIpc) is 2.36. The van der Waals surface area contributed by atoms with Gasteiger partial charge in [-0.15, -0.1) is 0 Å². The molecule has 1 aromatic rings. The molecule has 94 valence electrons. The summed E-state index contributed by atoms with van der Waals surface area (Å²) in [5, 5.41) is 10.7. The van der Waals surface area contributed by atoms with Gasteiger partial charge < -0.3 is 4.74 Å². The van der Waals surface area contributed by atoms with Crippen LogP contribution in [0.4, 0.5) is 5.69 Å². The molecule has 5 nitrogen and oxygen atoms in total. The Morgan fingerprint density at radius 2 is 2.28 bits per heavy atom. The molecule has 1 rings (SSSR count). The fraction of sp³-hybridized carbons (Fsp3) is 0.154. The Bertz CT molecular complexity index is 505. The van der Waals surface area contributed by atoms with Crippen molar-refractivity contribution in [2.45, 2.75) is 6.92 Å². The number of carbonyl (C=O) groups excluding carboxylic acids is 1. The number of benzene rings is 1. The van der Waals surface area contributed by atoms with Crippen molar-refractivity contribution in [1.82, 2.24) is 0 Å². The first kappa shape index (κ1) is 13.6. The smallest absolute Gasteiger partial charge is 0.338 e. The summed E-state index contributed by atoms with van der Waals surface area (Å²) in [6.07, 6.45) is 2.90. The molecule has 0 N–H and O–H groups in total. The summed E-state index contributed by atoms with van der Waals surface area (Å²) in [6, 6.07) is 5.81. The summed E-state index contributed by atoms with van der Waals surface area (Å²) in [6.45, 7) is 5.44. The number of hydrogen-bond acceptors (Lipinski definition) is 4. The maximum Gasteiger partial charge on any atom is 0.338 e. The van der Waals surface area contributed by atoms with E-state index in [0.717, 1.165) is 0 Å². The van der Waals surface area contributed by atoms with Gasteiger partial charge in [0, 0.05) is 12.1 Å². The third-order valence-electron chi connectivity index (χ3n) is 2.15. The molecular formula is C13H13NO4. The maximum absolute atomic E-state index is 11.7. The van der Waals surface area contributed by atoms with Crippen molar-refractivity contribution >= 4 is 17.2 Å². The molecular weight excluding hydrogens is 234 g/mol. The molecule has 0 saturated carbocycles. The van der Waals surface area contributed by atoms with Crippen molar-refractivity contribution in [3.63, 3.8) is 0 Å². The highest BCUT2D eigenvalue weighted by atomic mass is 16.6. The van der Waals surface area contributed by atoms with Gasteiger partial charge in [0.15, 0.2) is 0 Å². The van der Waals surface area contributed by atoms with Crippen LogP contribution < -0.4 is 0 Å². The quantitative estimate of drug-likeness (QED) is 0.264. The standard InChI is InChI=1S/C13H13NO4/c1-3-6-12(13(15)18-4-2)10-7-5-8-11(9-10)14(16)17/h3,5-9H,1,4H2,2H3/b12-6+. The van der Waals surface area contributed by atoms with E-state index >= 15 is 0 Å². The van der Waals surface area contributed by atoms with Crippen molar-refractivity contribution in [3.05, 3.63) is 58.7 Å². The van der Waals surface area contributed by atoms with E-state index in [1.54, 1.807) is 13.0 Å². The van der Waals surface area contributed by atoms with E-state index in [4.69, 9.17) is 4.74 Å². The molecule has 18 heavy (non-hydrogen) atoms. The highest BCUT2D eigenvalue weighted by Gasteiger charge is 2.15. The zero-order chi connectivity index (χ0) is 13.5. The lowest BCUT2D eigenvalue weighted by molar-refractivity contribution is -0.384. The molecule has 0 saturated heterocycles. The van der Waals surface area contributed by atoms with Crippen LogP contribution in [-0.4, -0.2) is 17.5 Å². The van der Waals surface area contributed by atoms with Crippen LogP contribution in [0.1, 0.15) is 12.5 Å². The minimum absolute atomic E-state index is 0.0771. The third-order valence-corrected chi connectivity index (χ3v) is 2.15. The van der Waals surface area contributed by atoms with Crippen molar-refractivity contribution in [3.8, 4) is 0 Å². The molecule has 0 unspecified atom stereocenters. The van der Waals surface area contributed by atoms with Crippen LogP contribution in [0, 0.1) is 10.1 Å². The first-order chi connectivity index (χ1) is 8.60. The van der Waals surface area contributed by atoms with Crippen molar-refractivity contribution in [2.24, 2.45) is 0 Å². The number of ether oxygens (including phenoxy) is 1. The molecule has 1 aromatic carbocycles. The third kappa shape index (κ3) is 3.28. The predicted molar refractivity (Wildman–Crippen MR) is 67.9 cm³/mol. The maximum atomic E-state index is 11.7. The second-order valence-corrected chi connectivity index (χ2v) is 3.34. The van der Waals surface area contributed by atoms with Crippen LogP contribution >= 0.6 is 0 Å². The number of nitro benzene ring substituents is 1. The highest BCUT2D eigenvalue weighted by Crippen LogP contribution is 2.21. The fourth-order valence-corrected chi connectivity index (χ4v) is 1.40. The van der Waals surface area contributed by atoms with Gasteiger partial charge in [0.05, 0.1) is 17.1 Å². The second kappa shape index (κ2) is 6.34. The number of nitro groups is 1. The van der Waals surface area contributed by atoms with Gasteiger partial charge in [-0.05, 0) is 18.6 Å². The average molecular weight is 247 g/mol. The van der Waals surface area contributed by atoms with Gasteiger partial charge in [-0.2, -0.15) is 0 Å². The van der Waals surface area contributed by atoms with E-state index in [1.807, 2.05) is 0 Å². The number of non-ortho nitro benzene ring substituents is 1. The predicted octanol–water partition coefficient (Wildman–Crippen LogP) is 2.73.